The first kappa shape index (κ1) is 26.9. The molecular formula is C27H29ClF2N7O2+. The molecule has 2 amide bonds. The summed E-state index contributed by atoms with van der Waals surface area (Å²) in [6.07, 6.45) is 3.29. The molecule has 5 rings (SSSR count). The molecule has 0 saturated carbocycles. The number of carbonyl (C=O) groups is 1. The van der Waals surface area contributed by atoms with Crippen LogP contribution in [-0.4, -0.2) is 73.3 Å². The van der Waals surface area contributed by atoms with Crippen LogP contribution in [0.15, 0.2) is 76.9 Å². The molecule has 204 valence electrons. The van der Waals surface area contributed by atoms with Gasteiger partial charge in [-0.2, -0.15) is 5.10 Å². The number of ether oxygens (including phenoxy) is 1. The lowest BCUT2D eigenvalue weighted by Crippen LogP contribution is -2.50. The van der Waals surface area contributed by atoms with Crippen LogP contribution < -0.4 is 15.2 Å². The number of quaternary nitrogens is 1. The molecule has 3 aromatic rings. The van der Waals surface area contributed by atoms with Crippen molar-refractivity contribution in [2.75, 3.05) is 40.4 Å². The number of likely N-dealkylation sites (tertiary alicyclic amines) is 1. The number of rotatable bonds is 8. The predicted molar refractivity (Wildman–Crippen MR) is 145 cm³/mol. The molecule has 0 radical (unpaired) electrons. The SMILES string of the molecule is COCCN1C[C@@H](NC(=O)NC2=C(Cl)C(c3cn[nH]c3)=N[N+]2(C)c2ccccc2)[C@H](c2ccc(F)c(F)c2)C1. The van der Waals surface area contributed by atoms with Crippen LogP contribution in [0.1, 0.15) is 17.0 Å². The number of amides is 2. The van der Waals surface area contributed by atoms with Crippen LogP contribution in [0.25, 0.3) is 0 Å². The summed E-state index contributed by atoms with van der Waals surface area (Å²) >= 11 is 6.82. The first-order valence-electron chi connectivity index (χ1n) is 12.5. The summed E-state index contributed by atoms with van der Waals surface area (Å²) in [7, 11) is 3.44. The molecule has 2 aromatic carbocycles. The van der Waals surface area contributed by atoms with Crippen molar-refractivity contribution in [3.8, 4) is 0 Å². The number of methoxy groups -OCH3 is 1. The molecule has 1 saturated heterocycles. The third-order valence-corrected chi connectivity index (χ3v) is 7.47. The molecule has 9 nitrogen and oxygen atoms in total. The van der Waals surface area contributed by atoms with E-state index in [0.717, 1.165) is 11.8 Å². The number of para-hydroxylation sites is 1. The Balaban J connectivity index is 1.41. The zero-order valence-corrected chi connectivity index (χ0v) is 22.3. The summed E-state index contributed by atoms with van der Waals surface area (Å²) < 4.78 is 32.8. The van der Waals surface area contributed by atoms with Gasteiger partial charge in [0.25, 0.3) is 5.82 Å². The number of aromatic amines is 1. The third-order valence-electron chi connectivity index (χ3n) is 7.11. The van der Waals surface area contributed by atoms with Crippen molar-refractivity contribution < 1.29 is 18.3 Å². The van der Waals surface area contributed by atoms with Gasteiger partial charge in [0.05, 0.1) is 18.8 Å². The molecular weight excluding hydrogens is 528 g/mol. The summed E-state index contributed by atoms with van der Waals surface area (Å²) in [4.78, 5) is 15.6. The smallest absolute Gasteiger partial charge is 0.323 e. The van der Waals surface area contributed by atoms with E-state index in [9.17, 15) is 13.6 Å². The Bertz CT molecular complexity index is 1400. The summed E-state index contributed by atoms with van der Waals surface area (Å²) in [5.41, 5.74) is 2.56. The van der Waals surface area contributed by atoms with E-state index in [1.165, 1.54) is 6.07 Å². The Hall–Kier alpha value is -3.64. The van der Waals surface area contributed by atoms with Gasteiger partial charge in [-0.15, -0.1) is 4.59 Å². The van der Waals surface area contributed by atoms with Crippen molar-refractivity contribution in [3.63, 3.8) is 0 Å². The minimum absolute atomic E-state index is 0.120. The lowest BCUT2D eigenvalue weighted by Gasteiger charge is -2.27. The van der Waals surface area contributed by atoms with Crippen LogP contribution in [-0.2, 0) is 4.74 Å². The monoisotopic (exact) mass is 556 g/mol. The molecule has 0 spiro atoms. The maximum Gasteiger partial charge on any atom is 0.323 e. The van der Waals surface area contributed by atoms with E-state index in [1.54, 1.807) is 25.6 Å². The first-order chi connectivity index (χ1) is 18.8. The second-order valence-corrected chi connectivity index (χ2v) is 10.0. The fourth-order valence-corrected chi connectivity index (χ4v) is 5.42. The van der Waals surface area contributed by atoms with Crippen molar-refractivity contribution >= 4 is 29.0 Å². The van der Waals surface area contributed by atoms with Crippen LogP contribution in [0.2, 0.25) is 0 Å². The molecule has 0 bridgehead atoms. The number of allylic oxidation sites excluding steroid dienone is 1. The molecule has 2 aliphatic heterocycles. The van der Waals surface area contributed by atoms with E-state index in [-0.39, 0.29) is 21.6 Å². The largest absolute Gasteiger partial charge is 0.383 e. The molecule has 0 aliphatic carbocycles. The molecule has 2 aliphatic rings. The van der Waals surface area contributed by atoms with E-state index in [2.05, 4.69) is 25.7 Å². The number of carbonyl (C=O) groups excluding carboxylic acids is 1. The number of benzene rings is 2. The fraction of sp³-hybridized carbons (Fsp3) is 0.296. The Morgan fingerprint density at radius 1 is 1.21 bits per heavy atom. The van der Waals surface area contributed by atoms with Crippen molar-refractivity contribution in [2.45, 2.75) is 12.0 Å². The van der Waals surface area contributed by atoms with Crippen molar-refractivity contribution in [1.29, 1.82) is 0 Å². The highest BCUT2D eigenvalue weighted by molar-refractivity contribution is 6.47. The fourth-order valence-electron chi connectivity index (χ4n) is 5.06. The van der Waals surface area contributed by atoms with E-state index in [1.807, 2.05) is 37.4 Å². The van der Waals surface area contributed by atoms with Crippen LogP contribution >= 0.6 is 11.6 Å². The normalized spacial score (nSPS) is 23.3. The molecule has 1 fully saturated rings. The second-order valence-electron chi connectivity index (χ2n) is 9.63. The molecule has 3 heterocycles. The summed E-state index contributed by atoms with van der Waals surface area (Å²) in [5.74, 6) is -1.73. The number of hydrogen-bond acceptors (Lipinski definition) is 5. The lowest BCUT2D eigenvalue weighted by atomic mass is 9.94. The lowest BCUT2D eigenvalue weighted by molar-refractivity contribution is 0.159. The van der Waals surface area contributed by atoms with Gasteiger partial charge in [-0.3, -0.25) is 15.3 Å². The van der Waals surface area contributed by atoms with E-state index in [0.29, 0.717) is 48.9 Å². The number of nitrogens with zero attached hydrogens (tertiary/aromatic N) is 4. The molecule has 12 heteroatoms. The van der Waals surface area contributed by atoms with Gasteiger partial charge in [0.15, 0.2) is 28.1 Å². The summed E-state index contributed by atoms with van der Waals surface area (Å²) in [5, 5.41) is 17.9. The van der Waals surface area contributed by atoms with Gasteiger partial charge in [-0.05, 0) is 17.7 Å². The maximum atomic E-state index is 14.1. The van der Waals surface area contributed by atoms with Gasteiger partial charge in [-0.1, -0.05) is 41.0 Å². The van der Waals surface area contributed by atoms with Crippen LogP contribution in [0.4, 0.5) is 19.3 Å². The van der Waals surface area contributed by atoms with Gasteiger partial charge in [0.1, 0.15) is 7.05 Å². The van der Waals surface area contributed by atoms with Crippen LogP contribution in [0.3, 0.4) is 0 Å². The molecule has 1 aromatic heterocycles. The zero-order valence-electron chi connectivity index (χ0n) is 21.5. The Morgan fingerprint density at radius 3 is 2.69 bits per heavy atom. The minimum Gasteiger partial charge on any atom is -0.383 e. The first-order valence-corrected chi connectivity index (χ1v) is 12.8. The maximum absolute atomic E-state index is 14.1. The van der Waals surface area contributed by atoms with Gasteiger partial charge in [-0.25, -0.2) is 13.6 Å². The highest BCUT2D eigenvalue weighted by atomic mass is 35.5. The van der Waals surface area contributed by atoms with Gasteiger partial charge < -0.3 is 10.1 Å². The highest BCUT2D eigenvalue weighted by Gasteiger charge is 2.44. The van der Waals surface area contributed by atoms with Gasteiger partial charge in [0.2, 0.25) is 0 Å². The summed E-state index contributed by atoms with van der Waals surface area (Å²) in [6.45, 7) is 2.20. The third kappa shape index (κ3) is 5.44. The van der Waals surface area contributed by atoms with Gasteiger partial charge in [0, 0.05) is 56.6 Å². The highest BCUT2D eigenvalue weighted by Crippen LogP contribution is 2.36. The Morgan fingerprint density at radius 2 is 2.00 bits per heavy atom. The Labute approximate surface area is 229 Å². The van der Waals surface area contributed by atoms with Crippen molar-refractivity contribution in [1.82, 2.24) is 30.3 Å². The minimum atomic E-state index is -0.922. The van der Waals surface area contributed by atoms with E-state index in [4.69, 9.17) is 21.4 Å². The standard InChI is InChI=1S/C27H28ClF2N7O2/c1-37(19-6-4-3-5-7-19)26(24(28)25(35-37)18-13-31-32-14-18)34-27(38)33-23-16-36(10-11-39-2)15-20(23)17-8-9-21(29)22(30)12-17/h3-9,12-14,20,23H,10-11,15-16H2,1-2H3,(H2-,31,32,33,34,35,38)/p+1/t20-,23+,37?/m0/s1. The topological polar surface area (TPSA) is 94.6 Å². The van der Waals surface area contributed by atoms with Crippen LogP contribution in [0.5, 0.6) is 0 Å². The summed E-state index contributed by atoms with van der Waals surface area (Å²) in [6, 6.07) is 12.5. The van der Waals surface area contributed by atoms with E-state index >= 15 is 0 Å². The molecule has 3 atom stereocenters. The van der Waals surface area contributed by atoms with Crippen molar-refractivity contribution in [2.24, 2.45) is 5.10 Å². The molecule has 39 heavy (non-hydrogen) atoms. The number of H-pyrrole nitrogens is 1. The molecule has 1 unspecified atom stereocenters. The van der Waals surface area contributed by atoms with Crippen LogP contribution in [0, 0.1) is 11.6 Å². The number of aromatic nitrogens is 2. The zero-order chi connectivity index (χ0) is 27.6. The number of hydrogen-bond donors (Lipinski definition) is 3. The van der Waals surface area contributed by atoms with Crippen molar-refractivity contribution in [3.05, 3.63) is 94.5 Å². The predicted octanol–water partition coefficient (Wildman–Crippen LogP) is 3.86. The number of nitrogens with one attached hydrogen (secondary N) is 3. The molecule has 3 N–H and O–H groups in total. The number of halogens is 3. The quantitative estimate of drug-likeness (QED) is 0.367. The average molecular weight is 557 g/mol. The second kappa shape index (κ2) is 11.2. The number of urea groups is 1. The van der Waals surface area contributed by atoms with E-state index < -0.39 is 17.7 Å². The Kier molecular flexibility index (Phi) is 7.76. The van der Waals surface area contributed by atoms with Gasteiger partial charge >= 0.3 is 6.03 Å². The average Bonchev–Trinajstić information content (AvgIpc) is 3.66.